The quantitative estimate of drug-likeness (QED) is 0.101. The predicted octanol–water partition coefficient (Wildman–Crippen LogP) is 30.3. The lowest BCUT2D eigenvalue weighted by Gasteiger charge is -2.26. The molecule has 0 saturated carbocycles. The molecule has 7 aromatic carbocycles. The van der Waals surface area contributed by atoms with Gasteiger partial charge in [0.25, 0.3) is 0 Å². The van der Waals surface area contributed by atoms with E-state index in [0.29, 0.717) is 39.1 Å². The van der Waals surface area contributed by atoms with Gasteiger partial charge in [0.15, 0.2) is 0 Å². The largest absolute Gasteiger partial charge is 0.363 e. The highest BCUT2D eigenvalue weighted by atomic mass is 16.3. The van der Waals surface area contributed by atoms with Crippen LogP contribution in [0.25, 0.3) is 160 Å². The number of hydrogen-bond donors (Lipinski definition) is 5. The normalized spacial score (nSPS) is 13.0. The van der Waals surface area contributed by atoms with E-state index in [2.05, 4.69) is 464 Å². The topological polar surface area (TPSA) is 135 Å². The van der Waals surface area contributed by atoms with Gasteiger partial charge in [-0.1, -0.05) is 330 Å². The summed E-state index contributed by atoms with van der Waals surface area (Å²) in [5, 5.41) is 13.3. The summed E-state index contributed by atoms with van der Waals surface area (Å²) in [5.74, 6) is 26.4. The number of hydrogen-bond acceptors (Lipinski definition) is 5. The molecule has 10 heterocycles. The van der Waals surface area contributed by atoms with Crippen molar-refractivity contribution < 1.29 is 5.11 Å². The smallest absolute Gasteiger partial charge is 0.215 e. The molecule has 658 valence electrons. The molecule has 0 radical (unpaired) electrons. The highest BCUT2D eigenvalue weighted by Crippen LogP contribution is 2.47. The molecule has 9 nitrogen and oxygen atoms in total. The zero-order chi connectivity index (χ0) is 93.7. The van der Waals surface area contributed by atoms with Crippen molar-refractivity contribution in [3.8, 4) is 114 Å². The third-order valence-electron chi connectivity index (χ3n) is 25.6. The van der Waals surface area contributed by atoms with Crippen molar-refractivity contribution in [1.29, 1.82) is 0 Å². The monoisotopic (exact) mass is 1720 g/mol. The number of aromatic nitrogens is 8. The molecule has 0 spiro atoms. The molecule has 0 unspecified atom stereocenters. The molecule has 0 saturated heterocycles. The minimum Gasteiger partial charge on any atom is -0.363 e. The Morgan fingerprint density at radius 2 is 0.402 bits per heavy atom. The van der Waals surface area contributed by atoms with E-state index in [-0.39, 0.29) is 43.3 Å². The van der Waals surface area contributed by atoms with Crippen LogP contribution in [0.5, 0.6) is 0 Å². The third kappa shape index (κ3) is 18.5. The summed E-state index contributed by atoms with van der Waals surface area (Å²) in [6, 6.07) is 75.8. The first-order valence-electron chi connectivity index (χ1n) is 46.2. The molecule has 17 rings (SSSR count). The van der Waals surface area contributed by atoms with Gasteiger partial charge in [0.2, 0.25) is 5.60 Å². The number of fused-ring (bicyclic) bond motifs is 16. The van der Waals surface area contributed by atoms with E-state index in [0.717, 1.165) is 134 Å². The Morgan fingerprint density at radius 1 is 0.205 bits per heavy atom. The molecular formula is C123H120N8O. The molecule has 6 aromatic heterocycles. The van der Waals surface area contributed by atoms with Crippen molar-refractivity contribution in [2.24, 2.45) is 0 Å². The molecule has 16 bridgehead atoms. The Balaban J connectivity index is 0.901. The minimum atomic E-state index is -2.07. The average Bonchev–Trinajstić information content (AvgIpc) is 1.61. The fourth-order valence-electron chi connectivity index (χ4n) is 17.5. The summed E-state index contributed by atoms with van der Waals surface area (Å²) in [6.45, 7) is 54.6. The second kappa shape index (κ2) is 33.7. The highest BCUT2D eigenvalue weighted by Gasteiger charge is 2.32. The van der Waals surface area contributed by atoms with Gasteiger partial charge in [-0.25, -0.2) is 19.9 Å². The van der Waals surface area contributed by atoms with E-state index in [1.165, 1.54) is 44.5 Å². The summed E-state index contributed by atoms with van der Waals surface area (Å²) in [5.41, 5.74) is 32.5. The van der Waals surface area contributed by atoms with Gasteiger partial charge in [-0.2, -0.15) is 0 Å². The maximum Gasteiger partial charge on any atom is 0.215 e. The summed E-state index contributed by atoms with van der Waals surface area (Å²) in [6.07, 6.45) is 17.0. The van der Waals surface area contributed by atoms with E-state index in [9.17, 15) is 5.11 Å². The first kappa shape index (κ1) is 89.9. The first-order chi connectivity index (χ1) is 62.3. The van der Waals surface area contributed by atoms with Gasteiger partial charge in [-0.3, -0.25) is 0 Å². The highest BCUT2D eigenvalue weighted by molar-refractivity contribution is 6.02. The molecule has 0 atom stereocenters. The molecule has 4 aliphatic rings. The summed E-state index contributed by atoms with van der Waals surface area (Å²) >= 11 is 0. The third-order valence-corrected chi connectivity index (χ3v) is 25.6. The Kier molecular flexibility index (Phi) is 23.0. The molecule has 132 heavy (non-hydrogen) atoms. The van der Waals surface area contributed by atoms with Gasteiger partial charge in [-0.05, 0) is 266 Å². The average molecular weight is 1730 g/mol. The fraction of sp³-hybridized carbons (Fsp3) is 0.268. The standard InChI is InChI=1S/C123H120N8O/c1-115(2,3)83-64-78(65-84(72-83)116(4,5)6)111-101-50-46-93(124-101)91(94-47-51-102(125-94)112(79-66-85(117(7,8)9)73-86(67-79)118(10,11)12)106-59-55-98(129-106)109(76-38-28-25-29-39-76)97-54-58-105(111)128-97)44-34-36-62-123(132,82-42-32-27-33-43-82)63-37-35-45-92-95-48-52-103(126-95)113(80-68-87(119(13,14)15)74-88(69-80)120(16,17)18)107-60-56-99(130-107)110(77-40-30-26-31-41-77)100-57-61-108(131-100)114(104-53-49-96(92)127-104)81-70-89(121(19,20)21)75-90(71-81)122(22,23)24/h25-33,38-43,46-61,64-75,124,126,129,131-132H,1-24H3. The van der Waals surface area contributed by atoms with Gasteiger partial charge in [-0.15, -0.1) is 0 Å². The van der Waals surface area contributed by atoms with E-state index in [1.54, 1.807) is 0 Å². The number of rotatable bonds is 7. The van der Waals surface area contributed by atoms with Gasteiger partial charge < -0.3 is 25.0 Å². The Morgan fingerprint density at radius 3 is 0.636 bits per heavy atom. The van der Waals surface area contributed by atoms with E-state index >= 15 is 0 Å². The predicted molar refractivity (Wildman–Crippen MR) is 560 cm³/mol. The Labute approximate surface area is 780 Å². The lowest BCUT2D eigenvalue weighted by atomic mass is 9.78. The number of nitrogens with zero attached hydrogens (tertiary/aromatic N) is 4. The van der Waals surface area contributed by atoms with E-state index < -0.39 is 5.60 Å². The number of H-pyrrole nitrogens is 4. The van der Waals surface area contributed by atoms with Crippen LogP contribution in [0.3, 0.4) is 0 Å². The zero-order valence-corrected chi connectivity index (χ0v) is 81.1. The van der Waals surface area contributed by atoms with Crippen molar-refractivity contribution in [2.75, 3.05) is 0 Å². The lowest BCUT2D eigenvalue weighted by molar-refractivity contribution is 0.165. The molecule has 5 N–H and O–H groups in total. The molecule has 4 aliphatic heterocycles. The van der Waals surface area contributed by atoms with Gasteiger partial charge in [0, 0.05) is 72.0 Å². The van der Waals surface area contributed by atoms with Crippen LogP contribution in [-0.4, -0.2) is 45.0 Å². The van der Waals surface area contributed by atoms with Crippen LogP contribution >= 0.6 is 0 Å². The number of aromatic amines is 4. The summed E-state index contributed by atoms with van der Waals surface area (Å²) in [7, 11) is 0. The van der Waals surface area contributed by atoms with Gasteiger partial charge in [0.1, 0.15) is 0 Å². The van der Waals surface area contributed by atoms with Crippen molar-refractivity contribution in [2.45, 2.75) is 215 Å². The number of aliphatic hydroxyl groups is 1. The van der Waals surface area contributed by atoms with Crippen LogP contribution in [0.15, 0.2) is 212 Å². The van der Waals surface area contributed by atoms with E-state index in [4.69, 9.17) is 19.9 Å². The van der Waals surface area contributed by atoms with Crippen LogP contribution in [0.4, 0.5) is 0 Å². The SMILES string of the molecule is CC(C)(C)c1cc(-c2c3nc(c(-c4ccccc4)c4ccc([nH]4)c(-c4cc(C(C)(C)C)cc(C(C)(C)C)c4)c4nc(c(C#CC#CC(O)(C#CC#Cc5c6nc(c(-c7cc(C(C)(C)C)cc(C(C)(C)C)c7)c7ccc([nH]7)c(-c7ccccc7)c7nc(c(-c8cc(C(C)(C)C)cc(C(C)(C)C)c8)c8ccc5[nH]8)C=C7)C=C6)c5ccccc5)c5ccc2[nH]5)C=C4)C=C3)cc(C(C)(C)C)c1. The maximum atomic E-state index is 13.3. The van der Waals surface area contributed by atoms with Gasteiger partial charge >= 0.3 is 0 Å². The van der Waals surface area contributed by atoms with E-state index in [1.807, 2.05) is 30.3 Å². The molecule has 13 aromatic rings. The van der Waals surface area contributed by atoms with Gasteiger partial charge in [0.05, 0.1) is 67.7 Å². The molecule has 9 heteroatoms. The van der Waals surface area contributed by atoms with Crippen LogP contribution in [0.1, 0.15) is 273 Å². The first-order valence-corrected chi connectivity index (χ1v) is 46.2. The van der Waals surface area contributed by atoms with Crippen molar-refractivity contribution in [3.63, 3.8) is 0 Å². The summed E-state index contributed by atoms with van der Waals surface area (Å²) in [4.78, 5) is 38.7. The van der Waals surface area contributed by atoms with Crippen LogP contribution in [0, 0.1) is 47.4 Å². The molecule has 0 amide bonds. The fourth-order valence-corrected chi connectivity index (χ4v) is 17.5. The second-order valence-electron chi connectivity index (χ2n) is 44.0. The van der Waals surface area contributed by atoms with Crippen LogP contribution < -0.4 is 0 Å². The van der Waals surface area contributed by atoms with Crippen LogP contribution in [-0.2, 0) is 48.9 Å². The lowest BCUT2D eigenvalue weighted by Crippen LogP contribution is -2.21. The van der Waals surface area contributed by atoms with Crippen molar-refractivity contribution in [1.82, 2.24) is 39.9 Å². The summed E-state index contributed by atoms with van der Waals surface area (Å²) < 4.78 is 0. The Bertz CT molecular complexity index is 6930. The van der Waals surface area contributed by atoms with Crippen LogP contribution in [0.2, 0.25) is 0 Å². The zero-order valence-electron chi connectivity index (χ0n) is 81.1. The Hall–Kier alpha value is -14.1. The van der Waals surface area contributed by atoms with Crippen molar-refractivity contribution in [3.05, 3.63) is 319 Å². The maximum absolute atomic E-state index is 13.3. The number of benzene rings is 7. The number of nitrogens with one attached hydrogen (secondary N) is 4. The molecule has 0 aliphatic carbocycles. The molecular weight excluding hydrogens is 1610 g/mol. The molecule has 0 fully saturated rings. The second-order valence-corrected chi connectivity index (χ2v) is 44.0. The minimum absolute atomic E-state index is 0.184. The van der Waals surface area contributed by atoms with Crippen molar-refractivity contribution >= 4 is 92.7 Å².